The number of hydrogen-bond acceptors (Lipinski definition) is 5. The second-order valence-corrected chi connectivity index (χ2v) is 7.66. The third-order valence-corrected chi connectivity index (χ3v) is 5.38. The van der Waals surface area contributed by atoms with Crippen LogP contribution in [0.3, 0.4) is 0 Å². The highest BCUT2D eigenvalue weighted by Gasteiger charge is 2.22. The van der Waals surface area contributed by atoms with Crippen molar-refractivity contribution in [3.8, 4) is 0 Å². The number of nitrogens with one attached hydrogen (secondary N) is 2. The lowest BCUT2D eigenvalue weighted by Crippen LogP contribution is -2.21. The van der Waals surface area contributed by atoms with Gasteiger partial charge in [-0.05, 0) is 50.6 Å². The summed E-state index contributed by atoms with van der Waals surface area (Å²) >= 11 is 0. The molecule has 1 aromatic carbocycles. The van der Waals surface area contributed by atoms with Gasteiger partial charge in [-0.1, -0.05) is 0 Å². The van der Waals surface area contributed by atoms with Crippen LogP contribution in [0.5, 0.6) is 0 Å². The Morgan fingerprint density at radius 2 is 2.03 bits per heavy atom. The standard InChI is InChI=1S/C21H24F2N6O/c1-28(2)21(30)13-5-6-17(15(22)10-13)27-19-18-16(23)11-29(20(18)26-12-25-19)14-4-3-8-24-9-7-14/h5-6,10-12,14,24H,3-4,7-9H2,1-2H3,(H,25,26,27). The van der Waals surface area contributed by atoms with Crippen molar-refractivity contribution in [2.45, 2.75) is 25.3 Å². The molecule has 2 N–H and O–H groups in total. The zero-order valence-corrected chi connectivity index (χ0v) is 17.0. The van der Waals surface area contributed by atoms with E-state index in [4.69, 9.17) is 0 Å². The van der Waals surface area contributed by atoms with Gasteiger partial charge in [0.1, 0.15) is 23.6 Å². The lowest BCUT2D eigenvalue weighted by Gasteiger charge is -2.17. The summed E-state index contributed by atoms with van der Waals surface area (Å²) in [7, 11) is 3.20. The van der Waals surface area contributed by atoms with Crippen LogP contribution in [0.1, 0.15) is 35.7 Å². The third-order valence-electron chi connectivity index (χ3n) is 5.38. The Morgan fingerprint density at radius 1 is 1.20 bits per heavy atom. The number of carbonyl (C=O) groups excluding carboxylic acids is 1. The monoisotopic (exact) mass is 414 g/mol. The van der Waals surface area contributed by atoms with E-state index in [1.807, 2.05) is 4.57 Å². The molecule has 7 nitrogen and oxygen atoms in total. The molecule has 158 valence electrons. The summed E-state index contributed by atoms with van der Waals surface area (Å²) in [4.78, 5) is 21.8. The minimum atomic E-state index is -0.621. The second kappa shape index (κ2) is 8.35. The molecule has 1 unspecified atom stereocenters. The van der Waals surface area contributed by atoms with Crippen molar-refractivity contribution in [2.75, 3.05) is 32.5 Å². The maximum atomic E-state index is 14.9. The first-order valence-corrected chi connectivity index (χ1v) is 9.95. The molecule has 3 aromatic rings. The van der Waals surface area contributed by atoms with Gasteiger partial charge in [0.25, 0.3) is 5.91 Å². The first kappa shape index (κ1) is 20.2. The van der Waals surface area contributed by atoms with Crippen molar-refractivity contribution < 1.29 is 13.6 Å². The van der Waals surface area contributed by atoms with Crippen LogP contribution >= 0.6 is 0 Å². The number of aromatic nitrogens is 3. The van der Waals surface area contributed by atoms with Crippen LogP contribution in [0.2, 0.25) is 0 Å². The van der Waals surface area contributed by atoms with E-state index in [1.165, 1.54) is 29.6 Å². The van der Waals surface area contributed by atoms with Crippen LogP contribution in [-0.2, 0) is 0 Å². The van der Waals surface area contributed by atoms with Crippen LogP contribution in [0.4, 0.5) is 20.3 Å². The third kappa shape index (κ3) is 3.85. The normalized spacial score (nSPS) is 17.0. The van der Waals surface area contributed by atoms with E-state index in [9.17, 15) is 13.6 Å². The first-order valence-electron chi connectivity index (χ1n) is 9.95. The number of rotatable bonds is 4. The Kier molecular flexibility index (Phi) is 5.63. The molecule has 4 rings (SSSR count). The molecule has 0 radical (unpaired) electrons. The van der Waals surface area contributed by atoms with Crippen molar-refractivity contribution in [2.24, 2.45) is 0 Å². The molecule has 1 saturated heterocycles. The molecule has 1 atom stereocenters. The number of nitrogens with zero attached hydrogens (tertiary/aromatic N) is 4. The molecule has 0 aliphatic carbocycles. The SMILES string of the molecule is CN(C)C(=O)c1ccc(Nc2ncnc3c2c(F)cn3C2CCCNCC2)c(F)c1. The number of fused-ring (bicyclic) bond motifs is 1. The summed E-state index contributed by atoms with van der Waals surface area (Å²) in [6, 6.07) is 4.27. The lowest BCUT2D eigenvalue weighted by atomic mass is 10.1. The van der Waals surface area contributed by atoms with Gasteiger partial charge in [0.2, 0.25) is 0 Å². The fourth-order valence-corrected chi connectivity index (χ4v) is 3.83. The Morgan fingerprint density at radius 3 is 2.80 bits per heavy atom. The number of halogens is 2. The van der Waals surface area contributed by atoms with Gasteiger partial charge in [-0.25, -0.2) is 18.7 Å². The zero-order valence-electron chi connectivity index (χ0n) is 17.0. The van der Waals surface area contributed by atoms with Crippen LogP contribution in [-0.4, -0.2) is 52.5 Å². The molecule has 9 heteroatoms. The molecular formula is C21H24F2N6O. The fourth-order valence-electron chi connectivity index (χ4n) is 3.83. The number of anilines is 2. The molecule has 2 aromatic heterocycles. The smallest absolute Gasteiger partial charge is 0.253 e. The van der Waals surface area contributed by atoms with Crippen LogP contribution in [0, 0.1) is 11.6 Å². The second-order valence-electron chi connectivity index (χ2n) is 7.66. The van der Waals surface area contributed by atoms with E-state index in [2.05, 4.69) is 20.6 Å². The van der Waals surface area contributed by atoms with Crippen LogP contribution < -0.4 is 10.6 Å². The lowest BCUT2D eigenvalue weighted by molar-refractivity contribution is 0.0827. The van der Waals surface area contributed by atoms with Gasteiger partial charge in [-0.2, -0.15) is 0 Å². The largest absolute Gasteiger partial charge is 0.345 e. The first-order chi connectivity index (χ1) is 14.5. The minimum absolute atomic E-state index is 0.108. The number of hydrogen-bond donors (Lipinski definition) is 2. The van der Waals surface area contributed by atoms with E-state index < -0.39 is 11.6 Å². The van der Waals surface area contributed by atoms with Crippen molar-refractivity contribution >= 4 is 28.4 Å². The molecule has 0 saturated carbocycles. The van der Waals surface area contributed by atoms with Gasteiger partial charge < -0.3 is 20.1 Å². The summed E-state index contributed by atoms with van der Waals surface area (Å²) in [5.74, 6) is -1.19. The molecule has 1 aliphatic rings. The van der Waals surface area contributed by atoms with Crippen LogP contribution in [0.15, 0.2) is 30.7 Å². The highest BCUT2D eigenvalue weighted by atomic mass is 19.1. The summed E-state index contributed by atoms with van der Waals surface area (Å²) in [5.41, 5.74) is 0.822. The Bertz CT molecular complexity index is 1070. The van der Waals surface area contributed by atoms with Gasteiger partial charge in [-0.15, -0.1) is 0 Å². The van der Waals surface area contributed by atoms with E-state index in [-0.39, 0.29) is 34.4 Å². The quantitative estimate of drug-likeness (QED) is 0.684. The van der Waals surface area contributed by atoms with Gasteiger partial charge in [0, 0.05) is 31.9 Å². The van der Waals surface area contributed by atoms with Gasteiger partial charge in [-0.3, -0.25) is 4.79 Å². The maximum absolute atomic E-state index is 14.9. The van der Waals surface area contributed by atoms with E-state index in [0.29, 0.717) is 5.65 Å². The molecule has 3 heterocycles. The number of carbonyl (C=O) groups is 1. The zero-order chi connectivity index (χ0) is 21.3. The summed E-state index contributed by atoms with van der Waals surface area (Å²) in [6.45, 7) is 1.82. The average molecular weight is 414 g/mol. The fraction of sp³-hybridized carbons (Fsp3) is 0.381. The predicted molar refractivity (Wildman–Crippen MR) is 111 cm³/mol. The van der Waals surface area contributed by atoms with Gasteiger partial charge in [0.05, 0.1) is 11.1 Å². The predicted octanol–water partition coefficient (Wildman–Crippen LogP) is 3.47. The molecule has 1 amide bonds. The average Bonchev–Trinajstić information content (AvgIpc) is 2.90. The van der Waals surface area contributed by atoms with E-state index >= 15 is 0 Å². The minimum Gasteiger partial charge on any atom is -0.345 e. The van der Waals surface area contributed by atoms with Crippen LogP contribution in [0.25, 0.3) is 11.0 Å². The molecule has 0 spiro atoms. The Balaban J connectivity index is 1.68. The van der Waals surface area contributed by atoms with E-state index in [1.54, 1.807) is 14.1 Å². The Hall–Kier alpha value is -3.07. The Labute approximate surface area is 173 Å². The van der Waals surface area contributed by atoms with Crippen molar-refractivity contribution in [1.29, 1.82) is 0 Å². The molecule has 30 heavy (non-hydrogen) atoms. The van der Waals surface area contributed by atoms with Crippen molar-refractivity contribution in [3.05, 3.63) is 47.9 Å². The number of amides is 1. The van der Waals surface area contributed by atoms with Gasteiger partial charge >= 0.3 is 0 Å². The topological polar surface area (TPSA) is 75.1 Å². The highest BCUT2D eigenvalue weighted by molar-refractivity contribution is 5.95. The highest BCUT2D eigenvalue weighted by Crippen LogP contribution is 2.32. The maximum Gasteiger partial charge on any atom is 0.253 e. The molecular weight excluding hydrogens is 390 g/mol. The summed E-state index contributed by atoms with van der Waals surface area (Å²) in [6.07, 6.45) is 5.61. The van der Waals surface area contributed by atoms with Gasteiger partial charge in [0.15, 0.2) is 5.82 Å². The molecule has 0 bridgehead atoms. The van der Waals surface area contributed by atoms with Crippen molar-refractivity contribution in [1.82, 2.24) is 24.8 Å². The van der Waals surface area contributed by atoms with E-state index in [0.717, 1.165) is 38.4 Å². The molecule has 1 fully saturated rings. The number of benzene rings is 1. The van der Waals surface area contributed by atoms with Crippen molar-refractivity contribution in [3.63, 3.8) is 0 Å². The summed E-state index contributed by atoms with van der Waals surface area (Å²) < 4.78 is 31.4. The molecule has 1 aliphatic heterocycles. The summed E-state index contributed by atoms with van der Waals surface area (Å²) in [5, 5.41) is 6.44.